The van der Waals surface area contributed by atoms with Crippen LogP contribution in [-0.2, 0) is 18.1 Å². The highest BCUT2D eigenvalue weighted by Crippen LogP contribution is 2.46. The van der Waals surface area contributed by atoms with Crippen LogP contribution in [0.4, 0.5) is 17.6 Å². The fraction of sp³-hybridized carbons (Fsp3) is 0.368. The Balaban J connectivity index is 1.70. The minimum atomic E-state index is -4.09. The summed E-state index contributed by atoms with van der Waals surface area (Å²) in [5.41, 5.74) is -4.80. The molecular weight excluding hydrogens is 406 g/mol. The van der Waals surface area contributed by atoms with Gasteiger partial charge in [0.1, 0.15) is 29.4 Å². The predicted molar refractivity (Wildman–Crippen MR) is 94.4 cm³/mol. The van der Waals surface area contributed by atoms with Gasteiger partial charge in [-0.2, -0.15) is 8.78 Å². The van der Waals surface area contributed by atoms with E-state index < -0.39 is 41.0 Å². The van der Waals surface area contributed by atoms with Gasteiger partial charge in [-0.25, -0.2) is 13.5 Å². The summed E-state index contributed by atoms with van der Waals surface area (Å²) in [7, 11) is 0. The molecule has 1 unspecified atom stereocenters. The summed E-state index contributed by atoms with van der Waals surface area (Å²) in [4.78, 5) is 3.72. The number of ether oxygens (including phenoxy) is 1. The van der Waals surface area contributed by atoms with E-state index in [0.29, 0.717) is 24.3 Å². The first-order chi connectivity index (χ1) is 14.3. The maximum absolute atomic E-state index is 15.5. The van der Waals surface area contributed by atoms with E-state index in [0.717, 1.165) is 48.2 Å². The van der Waals surface area contributed by atoms with Crippen molar-refractivity contribution in [2.45, 2.75) is 30.9 Å². The highest BCUT2D eigenvalue weighted by atomic mass is 19.3. The largest absolute Gasteiger partial charge is 0.492 e. The van der Waals surface area contributed by atoms with Crippen LogP contribution < -0.4 is 4.74 Å². The highest BCUT2D eigenvalue weighted by Gasteiger charge is 2.58. The molecule has 11 heteroatoms. The SMILES string of the molecule is OC(Cn1cnnn1)(c1ccc(F)cc1F)C(F)(F)c1ccc(OCC2CC2)cn1. The van der Waals surface area contributed by atoms with Crippen LogP contribution in [0.5, 0.6) is 5.75 Å². The van der Waals surface area contributed by atoms with Gasteiger partial charge < -0.3 is 9.84 Å². The molecule has 1 aliphatic carbocycles. The molecule has 0 radical (unpaired) electrons. The van der Waals surface area contributed by atoms with Gasteiger partial charge in [0.25, 0.3) is 0 Å². The summed E-state index contributed by atoms with van der Waals surface area (Å²) in [6, 6.07) is 4.25. The zero-order chi connectivity index (χ0) is 21.4. The van der Waals surface area contributed by atoms with Gasteiger partial charge in [-0.3, -0.25) is 4.98 Å². The predicted octanol–water partition coefficient (Wildman–Crippen LogP) is 2.81. The van der Waals surface area contributed by atoms with Crippen LogP contribution in [0, 0.1) is 17.6 Å². The Morgan fingerprint density at radius 3 is 2.57 bits per heavy atom. The van der Waals surface area contributed by atoms with Crippen molar-refractivity contribution < 1.29 is 27.4 Å². The number of tetrazole rings is 1. The smallest absolute Gasteiger partial charge is 0.323 e. The second-order valence-corrected chi connectivity index (χ2v) is 7.20. The average Bonchev–Trinajstić information content (AvgIpc) is 3.41. The monoisotopic (exact) mass is 423 g/mol. The van der Waals surface area contributed by atoms with Crippen molar-refractivity contribution in [1.82, 2.24) is 25.2 Å². The maximum Gasteiger partial charge on any atom is 0.323 e. The van der Waals surface area contributed by atoms with Crippen LogP contribution in [0.25, 0.3) is 0 Å². The topological polar surface area (TPSA) is 86.0 Å². The molecule has 1 N–H and O–H groups in total. The Morgan fingerprint density at radius 2 is 1.97 bits per heavy atom. The average molecular weight is 423 g/mol. The van der Waals surface area contributed by atoms with Crippen LogP contribution in [0.2, 0.25) is 0 Å². The van der Waals surface area contributed by atoms with Crippen LogP contribution >= 0.6 is 0 Å². The van der Waals surface area contributed by atoms with Crippen LogP contribution in [0.3, 0.4) is 0 Å². The zero-order valence-electron chi connectivity index (χ0n) is 15.6. The van der Waals surface area contributed by atoms with Gasteiger partial charge in [-0.05, 0) is 53.5 Å². The lowest BCUT2D eigenvalue weighted by molar-refractivity contribution is -0.207. The first-order valence-corrected chi connectivity index (χ1v) is 9.15. The molecule has 1 fully saturated rings. The van der Waals surface area contributed by atoms with E-state index in [9.17, 15) is 13.9 Å². The zero-order valence-corrected chi connectivity index (χ0v) is 15.6. The lowest BCUT2D eigenvalue weighted by Crippen LogP contribution is -2.48. The third-order valence-corrected chi connectivity index (χ3v) is 4.92. The number of aromatic nitrogens is 5. The van der Waals surface area contributed by atoms with Crippen LogP contribution in [0.15, 0.2) is 42.9 Å². The van der Waals surface area contributed by atoms with E-state index in [4.69, 9.17) is 4.74 Å². The summed E-state index contributed by atoms with van der Waals surface area (Å²) in [5, 5.41) is 21.2. The van der Waals surface area contributed by atoms with E-state index in [1.807, 2.05) is 0 Å². The molecule has 0 saturated heterocycles. The molecule has 1 aromatic carbocycles. The number of pyridine rings is 1. The van der Waals surface area contributed by atoms with Crippen molar-refractivity contribution in [2.75, 3.05) is 6.61 Å². The van der Waals surface area contributed by atoms with Crippen molar-refractivity contribution >= 4 is 0 Å². The number of hydrogen-bond acceptors (Lipinski definition) is 6. The van der Waals surface area contributed by atoms with E-state index >= 15 is 8.78 Å². The third-order valence-electron chi connectivity index (χ3n) is 4.92. The van der Waals surface area contributed by atoms with E-state index in [1.165, 1.54) is 6.07 Å². The molecule has 0 bridgehead atoms. The number of aliphatic hydroxyl groups is 1. The Hall–Kier alpha value is -3.08. The first-order valence-electron chi connectivity index (χ1n) is 9.15. The minimum Gasteiger partial charge on any atom is -0.492 e. The molecule has 30 heavy (non-hydrogen) atoms. The second kappa shape index (κ2) is 7.63. The first kappa shape index (κ1) is 20.2. The van der Waals surface area contributed by atoms with Gasteiger partial charge in [0, 0.05) is 11.6 Å². The van der Waals surface area contributed by atoms with Crippen LogP contribution in [-0.4, -0.2) is 36.9 Å². The van der Waals surface area contributed by atoms with E-state index in [2.05, 4.69) is 20.5 Å². The Kier molecular flexibility index (Phi) is 5.14. The van der Waals surface area contributed by atoms with Crippen molar-refractivity contribution in [3.8, 4) is 5.75 Å². The molecule has 4 rings (SSSR count). The highest BCUT2D eigenvalue weighted by molar-refractivity contribution is 5.32. The number of alkyl halides is 2. The lowest BCUT2D eigenvalue weighted by atomic mass is 9.84. The molecule has 2 aromatic heterocycles. The van der Waals surface area contributed by atoms with Gasteiger partial charge >= 0.3 is 5.92 Å². The number of halogens is 4. The normalized spacial score (nSPS) is 16.3. The molecular formula is C19H17F4N5O2. The van der Waals surface area contributed by atoms with E-state index in [1.54, 1.807) is 0 Å². The number of rotatable bonds is 8. The van der Waals surface area contributed by atoms with Gasteiger partial charge in [-0.15, -0.1) is 5.10 Å². The Labute approximate surface area is 168 Å². The van der Waals surface area contributed by atoms with Gasteiger partial charge in [0.15, 0.2) is 5.60 Å². The number of benzene rings is 1. The van der Waals surface area contributed by atoms with E-state index in [-0.39, 0.29) is 0 Å². The lowest BCUT2D eigenvalue weighted by Gasteiger charge is -2.35. The maximum atomic E-state index is 15.5. The summed E-state index contributed by atoms with van der Waals surface area (Å²) >= 11 is 0. The summed E-state index contributed by atoms with van der Waals surface area (Å²) in [6.45, 7) is -0.432. The Morgan fingerprint density at radius 1 is 1.17 bits per heavy atom. The minimum absolute atomic E-state index is 0.304. The molecule has 158 valence electrons. The molecule has 1 aliphatic rings. The summed E-state index contributed by atoms with van der Waals surface area (Å²) < 4.78 is 65.1. The van der Waals surface area contributed by atoms with Gasteiger partial charge in [-0.1, -0.05) is 0 Å². The van der Waals surface area contributed by atoms with Crippen molar-refractivity contribution in [3.63, 3.8) is 0 Å². The Bertz CT molecular complexity index is 1010. The molecule has 2 heterocycles. The quantitative estimate of drug-likeness (QED) is 0.561. The molecule has 1 atom stereocenters. The summed E-state index contributed by atoms with van der Waals surface area (Å²) in [6.07, 6.45) is 4.24. The van der Waals surface area contributed by atoms with Crippen molar-refractivity contribution in [1.29, 1.82) is 0 Å². The number of hydrogen-bond donors (Lipinski definition) is 1. The fourth-order valence-corrected chi connectivity index (χ4v) is 3.03. The standard InChI is InChI=1S/C19H17F4N5O2/c20-13-3-5-15(16(21)7-13)18(29,10-28-11-25-26-27-28)19(22,23)17-6-4-14(8-24-17)30-9-12-1-2-12/h3-8,11-12,29H,1-2,9-10H2. The molecule has 0 amide bonds. The number of nitrogens with zero attached hydrogens (tertiary/aromatic N) is 5. The molecule has 1 saturated carbocycles. The van der Waals surface area contributed by atoms with Gasteiger partial charge in [0.2, 0.25) is 0 Å². The van der Waals surface area contributed by atoms with Gasteiger partial charge in [0.05, 0.1) is 19.3 Å². The molecule has 7 nitrogen and oxygen atoms in total. The molecule has 3 aromatic rings. The van der Waals surface area contributed by atoms with Crippen LogP contribution in [0.1, 0.15) is 24.1 Å². The summed E-state index contributed by atoms with van der Waals surface area (Å²) in [5.74, 6) is -5.63. The molecule has 0 spiro atoms. The fourth-order valence-electron chi connectivity index (χ4n) is 3.03. The third kappa shape index (κ3) is 3.84. The van der Waals surface area contributed by atoms with Crippen molar-refractivity contribution in [2.24, 2.45) is 5.92 Å². The second-order valence-electron chi connectivity index (χ2n) is 7.20. The molecule has 0 aliphatic heterocycles. The van der Waals surface area contributed by atoms with Crippen molar-refractivity contribution in [3.05, 3.63) is 65.7 Å².